The normalized spacial score (nSPS) is 25.9. The Kier molecular flexibility index (Phi) is 7.65. The molecule has 0 bridgehead atoms. The zero-order chi connectivity index (χ0) is 26.9. The van der Waals surface area contributed by atoms with E-state index in [9.17, 15) is 19.5 Å². The molecule has 5 rings (SSSR count). The first kappa shape index (κ1) is 26.5. The highest BCUT2D eigenvalue weighted by Gasteiger charge is 2.65. The van der Waals surface area contributed by atoms with Gasteiger partial charge in [-0.05, 0) is 37.0 Å². The molecule has 10 heteroatoms. The van der Waals surface area contributed by atoms with E-state index in [1.165, 1.54) is 16.7 Å². The quantitative estimate of drug-likeness (QED) is 0.496. The fourth-order valence-electron chi connectivity index (χ4n) is 5.31. The third kappa shape index (κ3) is 5.12. The van der Waals surface area contributed by atoms with Crippen LogP contribution < -0.4 is 5.32 Å². The first-order valence-corrected chi connectivity index (χ1v) is 13.8. The fourth-order valence-corrected chi connectivity index (χ4v) is 6.68. The highest BCUT2D eigenvalue weighted by Crippen LogP contribution is 2.51. The van der Waals surface area contributed by atoms with Crippen LogP contribution in [0.4, 0.5) is 4.79 Å². The summed E-state index contributed by atoms with van der Waals surface area (Å²) in [5.41, 5.74) is 3.01. The zero-order valence-electron chi connectivity index (χ0n) is 21.5. The Labute approximate surface area is 226 Å². The predicted molar refractivity (Wildman–Crippen MR) is 142 cm³/mol. The smallest absolute Gasteiger partial charge is 0.407 e. The number of benzene rings is 2. The van der Waals surface area contributed by atoms with E-state index in [2.05, 4.69) is 5.32 Å². The summed E-state index contributed by atoms with van der Waals surface area (Å²) < 4.78 is 10.7. The molecular formula is C28H33N3O6S. The number of thioether (sulfide) groups is 1. The molecule has 202 valence electrons. The van der Waals surface area contributed by atoms with Crippen LogP contribution in [0, 0.1) is 6.92 Å². The maximum absolute atomic E-state index is 13.6. The second-order valence-corrected chi connectivity index (χ2v) is 11.5. The number of hydrogen-bond donors (Lipinski definition) is 2. The van der Waals surface area contributed by atoms with Gasteiger partial charge < -0.3 is 29.7 Å². The SMILES string of the molecule is Cc1ccccc1CN1C(=O)[C@H]2N(C(=O)[C@@H](O)C(Cc3ccccc3)NC(=O)O[C@H]3CCOC3)CSC21C. The Morgan fingerprint density at radius 2 is 1.95 bits per heavy atom. The molecule has 0 spiro atoms. The lowest BCUT2D eigenvalue weighted by molar-refractivity contribution is -0.168. The van der Waals surface area contributed by atoms with Gasteiger partial charge in [-0.25, -0.2) is 4.79 Å². The Hall–Kier alpha value is -3.08. The number of aryl methyl sites for hydroxylation is 1. The second kappa shape index (κ2) is 11.0. The average molecular weight is 540 g/mol. The zero-order valence-corrected chi connectivity index (χ0v) is 22.4. The number of nitrogens with one attached hydrogen (secondary N) is 1. The summed E-state index contributed by atoms with van der Waals surface area (Å²) in [6.07, 6.45) is -1.80. The van der Waals surface area contributed by atoms with E-state index in [0.29, 0.717) is 26.2 Å². The van der Waals surface area contributed by atoms with E-state index in [0.717, 1.165) is 16.7 Å². The summed E-state index contributed by atoms with van der Waals surface area (Å²) in [6.45, 7) is 5.28. The van der Waals surface area contributed by atoms with E-state index >= 15 is 0 Å². The number of rotatable bonds is 8. The number of aliphatic hydroxyl groups excluding tert-OH is 1. The van der Waals surface area contributed by atoms with Gasteiger partial charge in [0.05, 0.1) is 25.1 Å². The second-order valence-electron chi connectivity index (χ2n) is 10.2. The predicted octanol–water partition coefficient (Wildman–Crippen LogP) is 2.44. The van der Waals surface area contributed by atoms with Gasteiger partial charge in [-0.2, -0.15) is 0 Å². The molecule has 2 aromatic rings. The van der Waals surface area contributed by atoms with Crippen LogP contribution in [0.15, 0.2) is 54.6 Å². The molecule has 3 fully saturated rings. The summed E-state index contributed by atoms with van der Waals surface area (Å²) in [4.78, 5) is 42.1. The van der Waals surface area contributed by atoms with Crippen LogP contribution in [0.5, 0.6) is 0 Å². The Morgan fingerprint density at radius 1 is 1.21 bits per heavy atom. The van der Waals surface area contributed by atoms with Gasteiger partial charge in [-0.1, -0.05) is 54.6 Å². The van der Waals surface area contributed by atoms with Gasteiger partial charge in [-0.3, -0.25) is 9.59 Å². The third-order valence-electron chi connectivity index (χ3n) is 7.62. The van der Waals surface area contributed by atoms with Crippen molar-refractivity contribution in [3.63, 3.8) is 0 Å². The molecule has 9 nitrogen and oxygen atoms in total. The van der Waals surface area contributed by atoms with Gasteiger partial charge in [0, 0.05) is 13.0 Å². The van der Waals surface area contributed by atoms with Gasteiger partial charge in [0.15, 0.2) is 6.10 Å². The molecule has 2 unspecified atom stereocenters. The van der Waals surface area contributed by atoms with Gasteiger partial charge in [-0.15, -0.1) is 11.8 Å². The highest BCUT2D eigenvalue weighted by molar-refractivity contribution is 8.01. The number of hydrogen-bond acceptors (Lipinski definition) is 7. The van der Waals surface area contributed by atoms with Gasteiger partial charge >= 0.3 is 6.09 Å². The maximum atomic E-state index is 13.6. The van der Waals surface area contributed by atoms with E-state index in [1.54, 1.807) is 4.90 Å². The van der Waals surface area contributed by atoms with Crippen LogP contribution in [0.2, 0.25) is 0 Å². The van der Waals surface area contributed by atoms with Gasteiger partial charge in [0.1, 0.15) is 17.0 Å². The largest absolute Gasteiger partial charge is 0.444 e. The van der Waals surface area contributed by atoms with Crippen LogP contribution in [0.25, 0.3) is 0 Å². The topological polar surface area (TPSA) is 108 Å². The van der Waals surface area contributed by atoms with E-state index in [-0.39, 0.29) is 24.3 Å². The molecule has 38 heavy (non-hydrogen) atoms. The van der Waals surface area contributed by atoms with Crippen molar-refractivity contribution >= 4 is 29.7 Å². The molecule has 0 saturated carbocycles. The summed E-state index contributed by atoms with van der Waals surface area (Å²) in [7, 11) is 0. The number of aliphatic hydroxyl groups is 1. The number of fused-ring (bicyclic) bond motifs is 1. The van der Waals surface area contributed by atoms with E-state index < -0.39 is 35.1 Å². The minimum absolute atomic E-state index is 0.144. The molecule has 3 amide bonds. The van der Waals surface area contributed by atoms with Crippen molar-refractivity contribution in [2.24, 2.45) is 0 Å². The number of carbonyl (C=O) groups excluding carboxylic acids is 3. The van der Waals surface area contributed by atoms with Crippen molar-refractivity contribution in [3.05, 3.63) is 71.3 Å². The number of alkyl carbamates (subject to hydrolysis) is 1. The molecule has 3 aliphatic rings. The van der Waals surface area contributed by atoms with Crippen LogP contribution in [-0.4, -0.2) is 81.1 Å². The molecular weight excluding hydrogens is 506 g/mol. The van der Waals surface area contributed by atoms with Crippen molar-refractivity contribution in [1.29, 1.82) is 0 Å². The first-order chi connectivity index (χ1) is 18.3. The third-order valence-corrected chi connectivity index (χ3v) is 9.06. The Morgan fingerprint density at radius 3 is 2.66 bits per heavy atom. The summed E-state index contributed by atoms with van der Waals surface area (Å²) in [5, 5.41) is 13.9. The van der Waals surface area contributed by atoms with Crippen LogP contribution >= 0.6 is 11.8 Å². The average Bonchev–Trinajstić information content (AvgIpc) is 3.53. The van der Waals surface area contributed by atoms with Crippen molar-refractivity contribution in [2.75, 3.05) is 19.1 Å². The maximum Gasteiger partial charge on any atom is 0.407 e. The molecule has 0 radical (unpaired) electrons. The number of likely N-dealkylation sites (tertiary alicyclic amines) is 1. The number of amides is 3. The molecule has 5 atom stereocenters. The minimum atomic E-state index is -1.55. The molecule has 3 saturated heterocycles. The van der Waals surface area contributed by atoms with Gasteiger partial charge in [0.25, 0.3) is 5.91 Å². The monoisotopic (exact) mass is 539 g/mol. The number of carbonyl (C=O) groups is 3. The highest BCUT2D eigenvalue weighted by atomic mass is 32.2. The Balaban J connectivity index is 1.29. The molecule has 2 N–H and O–H groups in total. The molecule has 0 aromatic heterocycles. The molecule has 0 aliphatic carbocycles. The summed E-state index contributed by atoms with van der Waals surface area (Å²) in [6, 6.07) is 15.6. The lowest BCUT2D eigenvalue weighted by Crippen LogP contribution is -2.73. The standard InChI is InChI=1S/C28H33N3O6S/c1-18-8-6-7-11-20(18)15-31-26(34)24-28(31,2)38-17-30(24)25(33)23(32)22(14-19-9-4-3-5-10-19)29-27(35)37-21-12-13-36-16-21/h3-11,21-24,32H,12-17H2,1-2H3,(H,29,35)/t21-,22?,23-,24+,28?/m0/s1. The number of β-lactam (4-membered cyclic amide) rings is 1. The first-order valence-electron chi connectivity index (χ1n) is 12.8. The number of nitrogens with zero attached hydrogens (tertiary/aromatic N) is 2. The van der Waals surface area contributed by atoms with Crippen LogP contribution in [0.1, 0.15) is 30.0 Å². The Bertz CT molecular complexity index is 1190. The summed E-state index contributed by atoms with van der Waals surface area (Å²) >= 11 is 1.51. The van der Waals surface area contributed by atoms with E-state index in [4.69, 9.17) is 9.47 Å². The van der Waals surface area contributed by atoms with Crippen molar-refractivity contribution in [1.82, 2.24) is 15.1 Å². The van der Waals surface area contributed by atoms with Crippen molar-refractivity contribution < 1.29 is 29.0 Å². The molecule has 3 heterocycles. The van der Waals surface area contributed by atoms with E-state index in [1.807, 2.05) is 68.4 Å². The van der Waals surface area contributed by atoms with Crippen molar-refractivity contribution in [2.45, 2.75) is 62.4 Å². The lowest BCUT2D eigenvalue weighted by Gasteiger charge is -2.53. The lowest BCUT2D eigenvalue weighted by atomic mass is 9.91. The number of ether oxygens (including phenoxy) is 2. The molecule has 3 aliphatic heterocycles. The summed E-state index contributed by atoms with van der Waals surface area (Å²) in [5.74, 6) is -0.454. The van der Waals surface area contributed by atoms with Gasteiger partial charge in [0.2, 0.25) is 5.91 Å². The molecule has 2 aromatic carbocycles. The fraction of sp³-hybridized carbons (Fsp3) is 0.464. The minimum Gasteiger partial charge on any atom is -0.444 e. The van der Waals surface area contributed by atoms with Crippen molar-refractivity contribution in [3.8, 4) is 0 Å². The van der Waals surface area contributed by atoms with Crippen LogP contribution in [-0.2, 0) is 32.0 Å². The van der Waals surface area contributed by atoms with Crippen LogP contribution in [0.3, 0.4) is 0 Å².